The van der Waals surface area contributed by atoms with Crippen LogP contribution in [0.3, 0.4) is 0 Å². The lowest BCUT2D eigenvalue weighted by Crippen LogP contribution is -2.35. The van der Waals surface area contributed by atoms with Gasteiger partial charge >= 0.3 is 12.4 Å². The molecule has 0 atom stereocenters. The van der Waals surface area contributed by atoms with E-state index in [0.717, 1.165) is 94.7 Å². The fourth-order valence-electron chi connectivity index (χ4n) is 6.18. The van der Waals surface area contributed by atoms with Gasteiger partial charge in [0.1, 0.15) is 0 Å². The van der Waals surface area contributed by atoms with Gasteiger partial charge in [-0.2, -0.15) is 54.3 Å². The summed E-state index contributed by atoms with van der Waals surface area (Å²) in [7, 11) is 0. The Morgan fingerprint density at radius 2 is 1.15 bits per heavy atom. The van der Waals surface area contributed by atoms with Gasteiger partial charge in [0.2, 0.25) is 0 Å². The zero-order valence-corrected chi connectivity index (χ0v) is 35.6. The van der Waals surface area contributed by atoms with E-state index in [4.69, 9.17) is 34.8 Å². The number of carbonyl (C=O) groups is 2. The van der Waals surface area contributed by atoms with E-state index in [1.54, 1.807) is 34.3 Å². The van der Waals surface area contributed by atoms with Gasteiger partial charge in [0.15, 0.2) is 5.11 Å². The first kappa shape index (κ1) is 49.0. The predicted molar refractivity (Wildman–Crippen MR) is 232 cm³/mol. The summed E-state index contributed by atoms with van der Waals surface area (Å²) in [5.41, 5.74) is 7.24. The molecule has 0 spiro atoms. The Balaban J connectivity index is 0.000000263. The molecule has 4 N–H and O–H groups in total. The molecule has 4 heterocycles. The molecule has 6 rings (SSSR count). The van der Waals surface area contributed by atoms with Gasteiger partial charge in [-0.05, 0) is 109 Å². The monoisotopic (exact) mass is 900 g/mol. The third-order valence-electron chi connectivity index (χ3n) is 9.08. The molecule has 2 saturated heterocycles. The molecule has 1 amide bonds. The van der Waals surface area contributed by atoms with Crippen molar-refractivity contribution in [1.82, 2.24) is 5.32 Å². The smallest absolute Gasteiger partial charge is 0.397 e. The Labute approximate surface area is 359 Å². The van der Waals surface area contributed by atoms with E-state index in [0.29, 0.717) is 16.8 Å². The van der Waals surface area contributed by atoms with Crippen LogP contribution >= 0.6 is 46.5 Å². The number of thiocarbonyl (C=S) groups is 1. The van der Waals surface area contributed by atoms with E-state index in [1.807, 2.05) is 5.38 Å². The van der Waals surface area contributed by atoms with Gasteiger partial charge in [-0.15, -0.1) is 0 Å². The summed E-state index contributed by atoms with van der Waals surface area (Å²) in [6.07, 6.45) is 2.31. The Hall–Kier alpha value is -4.37. The third-order valence-corrected chi connectivity index (χ3v) is 10.9. The third kappa shape index (κ3) is 17.0. The zero-order valence-electron chi connectivity index (χ0n) is 32.4. The van der Waals surface area contributed by atoms with Crippen molar-refractivity contribution in [2.75, 3.05) is 47.0 Å². The minimum atomic E-state index is -4.47. The van der Waals surface area contributed by atoms with E-state index in [1.165, 1.54) is 67.4 Å². The largest absolute Gasteiger partial charge is 0.416 e. The first-order chi connectivity index (χ1) is 28.0. The van der Waals surface area contributed by atoms with Crippen molar-refractivity contribution in [3.8, 4) is 6.07 Å². The fourth-order valence-corrected chi connectivity index (χ4v) is 7.84. The Morgan fingerprint density at radius 1 is 0.729 bits per heavy atom. The lowest BCUT2D eigenvalue weighted by atomic mass is 10.1. The van der Waals surface area contributed by atoms with E-state index < -0.39 is 29.4 Å². The number of anilines is 4. The van der Waals surface area contributed by atoms with Gasteiger partial charge in [-0.3, -0.25) is 14.9 Å². The van der Waals surface area contributed by atoms with Crippen LogP contribution in [0.15, 0.2) is 70.1 Å². The number of nitriles is 1. The Bertz CT molecular complexity index is 1940. The summed E-state index contributed by atoms with van der Waals surface area (Å²) >= 11 is 13.1. The number of rotatable bonds is 5. The fraction of sp³-hybridized carbons (Fsp3) is 0.415. The van der Waals surface area contributed by atoms with Crippen molar-refractivity contribution in [2.45, 2.75) is 83.5 Å². The average Bonchev–Trinajstić information content (AvgIpc) is 3.89. The summed E-state index contributed by atoms with van der Waals surface area (Å²) in [4.78, 5) is 26.7. The van der Waals surface area contributed by atoms with Crippen LogP contribution in [0.2, 0.25) is 0 Å². The molecule has 0 bridgehead atoms. The van der Waals surface area contributed by atoms with E-state index >= 15 is 0 Å². The molecule has 4 aromatic rings. The second-order valence-electron chi connectivity index (χ2n) is 13.4. The maximum absolute atomic E-state index is 13.3. The van der Waals surface area contributed by atoms with Crippen LogP contribution in [0, 0.1) is 11.3 Å². The number of alkyl halides is 6. The number of nitrogens with one attached hydrogen (secondary N) is 2. The number of halogens is 7. The molecule has 18 heteroatoms. The molecule has 0 radical (unpaired) electrons. The van der Waals surface area contributed by atoms with Gasteiger partial charge in [-0.25, -0.2) is 0 Å². The summed E-state index contributed by atoms with van der Waals surface area (Å²) in [5, 5.41) is 19.2. The van der Waals surface area contributed by atoms with E-state index in [2.05, 4.69) is 20.4 Å². The summed E-state index contributed by atoms with van der Waals surface area (Å²) in [6, 6.07) is 12.4. The minimum absolute atomic E-state index is 0.0335. The molecule has 320 valence electrons. The SMILES string of the molecule is CC#N.Nc1cc(C(F)(F)F)ccc1N1CCCCCCC1.O=C(Cl)c1ccsc1.O=C(NC(=S)Nc1cc(C(F)(F)F)ccc1N1CCCCCCC1)c1ccsc1. The quantitative estimate of drug-likeness (QED) is 0.0785. The van der Waals surface area contributed by atoms with Crippen LogP contribution in [0.1, 0.15) is 103 Å². The number of hydrogen-bond acceptors (Lipinski definition) is 9. The van der Waals surface area contributed by atoms with Crippen molar-refractivity contribution in [1.29, 1.82) is 5.26 Å². The van der Waals surface area contributed by atoms with Crippen LogP contribution in [-0.4, -0.2) is 42.4 Å². The summed E-state index contributed by atoms with van der Waals surface area (Å²) in [6.45, 7) is 4.72. The molecular weight excluding hydrogens is 854 g/mol. The molecule has 2 aromatic heterocycles. The van der Waals surface area contributed by atoms with Crippen molar-refractivity contribution < 1.29 is 35.9 Å². The molecule has 8 nitrogen and oxygen atoms in total. The van der Waals surface area contributed by atoms with Gasteiger partial charge in [0, 0.05) is 49.4 Å². The molecule has 2 fully saturated rings. The van der Waals surface area contributed by atoms with Crippen LogP contribution < -0.4 is 26.2 Å². The number of thiophene rings is 2. The maximum Gasteiger partial charge on any atom is 0.416 e. The number of nitrogens with zero attached hydrogens (tertiary/aromatic N) is 3. The van der Waals surface area contributed by atoms with Gasteiger partial charge in [-0.1, -0.05) is 38.5 Å². The normalized spacial score (nSPS) is 14.7. The van der Waals surface area contributed by atoms with Gasteiger partial charge < -0.3 is 20.9 Å². The highest BCUT2D eigenvalue weighted by Gasteiger charge is 2.32. The van der Waals surface area contributed by atoms with E-state index in [9.17, 15) is 35.9 Å². The molecule has 0 saturated carbocycles. The molecule has 0 unspecified atom stereocenters. The highest BCUT2D eigenvalue weighted by molar-refractivity contribution is 7.80. The number of benzene rings is 2. The van der Waals surface area contributed by atoms with Crippen molar-refractivity contribution in [3.63, 3.8) is 0 Å². The van der Waals surface area contributed by atoms with Crippen LogP contribution in [-0.2, 0) is 12.4 Å². The summed E-state index contributed by atoms with van der Waals surface area (Å²) < 4.78 is 77.5. The standard InChI is InChI=1S/C20H22F3N3OS2.C14H19F3N2.C5H3ClOS.C2H3N/c21-20(22,23)15-6-7-17(26-9-4-2-1-3-5-10-26)16(12-15)24-19(28)25-18(27)14-8-11-29-13-14;15-14(16,17)11-6-7-13(12(18)10-11)19-8-4-2-1-3-5-9-19;6-5(7)4-1-2-8-3-4;1-2-3/h6-8,11-13H,1-5,9-10H2,(H2,24,25,27,28);6-7,10H,1-5,8-9,18H2;1-3H;1H3. The average molecular weight is 902 g/mol. The number of amides is 1. The number of nitrogens with two attached hydrogens (primary N) is 1. The second kappa shape index (κ2) is 24.6. The van der Waals surface area contributed by atoms with Crippen LogP contribution in [0.4, 0.5) is 49.1 Å². The minimum Gasteiger partial charge on any atom is -0.397 e. The molecule has 0 aliphatic carbocycles. The first-order valence-electron chi connectivity index (χ1n) is 18.9. The Morgan fingerprint density at radius 3 is 1.56 bits per heavy atom. The number of carbonyl (C=O) groups excluding carboxylic acids is 2. The Kier molecular flexibility index (Phi) is 20.5. The highest BCUT2D eigenvalue weighted by Crippen LogP contribution is 2.37. The highest BCUT2D eigenvalue weighted by atomic mass is 35.5. The summed E-state index contributed by atoms with van der Waals surface area (Å²) in [5.74, 6) is -0.400. The zero-order chi connectivity index (χ0) is 43.4. The molecule has 2 aliphatic heterocycles. The predicted octanol–water partition coefficient (Wildman–Crippen LogP) is 12.4. The molecule has 2 aromatic carbocycles. The van der Waals surface area contributed by atoms with Gasteiger partial charge in [0.25, 0.3) is 11.1 Å². The number of hydrogen-bond donors (Lipinski definition) is 3. The molecule has 59 heavy (non-hydrogen) atoms. The van der Waals surface area contributed by atoms with Crippen molar-refractivity contribution in [2.24, 2.45) is 0 Å². The van der Waals surface area contributed by atoms with Crippen LogP contribution in [0.5, 0.6) is 0 Å². The molecule has 2 aliphatic rings. The molecular formula is C41H47ClF6N6O2S3. The maximum atomic E-state index is 13.3. The number of nitrogen functional groups attached to an aromatic ring is 1. The topological polar surface area (TPSA) is 114 Å². The van der Waals surface area contributed by atoms with E-state index in [-0.39, 0.29) is 21.7 Å². The second-order valence-corrected chi connectivity index (χ2v) is 15.8. The van der Waals surface area contributed by atoms with Crippen molar-refractivity contribution >= 4 is 85.5 Å². The van der Waals surface area contributed by atoms with Crippen LogP contribution in [0.25, 0.3) is 0 Å². The lowest BCUT2D eigenvalue weighted by molar-refractivity contribution is -0.138. The first-order valence-corrected chi connectivity index (χ1v) is 21.6. The lowest BCUT2D eigenvalue weighted by Gasteiger charge is -2.29. The van der Waals surface area contributed by atoms with Crippen molar-refractivity contribution in [3.05, 3.63) is 92.3 Å². The van der Waals surface area contributed by atoms with Gasteiger partial charge in [0.05, 0.1) is 45.5 Å².